The summed E-state index contributed by atoms with van der Waals surface area (Å²) in [5.41, 5.74) is 0. The summed E-state index contributed by atoms with van der Waals surface area (Å²) >= 11 is 1.49. The Kier molecular flexibility index (Phi) is 4.09. The van der Waals surface area contributed by atoms with E-state index >= 15 is 0 Å². The van der Waals surface area contributed by atoms with Crippen molar-refractivity contribution in [3.05, 3.63) is 22.4 Å². The van der Waals surface area contributed by atoms with Crippen molar-refractivity contribution in [3.8, 4) is 0 Å². The molecule has 88 valence electrons. The Balaban J connectivity index is 1.91. The van der Waals surface area contributed by atoms with Gasteiger partial charge < -0.3 is 5.11 Å². The Hall–Kier alpha value is -0.710. The van der Waals surface area contributed by atoms with Crippen molar-refractivity contribution in [2.75, 3.05) is 19.7 Å². The molecule has 4 heteroatoms. The summed E-state index contributed by atoms with van der Waals surface area (Å²) in [6.07, 6.45) is 3.58. The van der Waals surface area contributed by atoms with E-state index < -0.39 is 0 Å². The Morgan fingerprint density at radius 2 is 2.38 bits per heavy atom. The van der Waals surface area contributed by atoms with Crippen LogP contribution < -0.4 is 0 Å². The average molecular weight is 239 g/mol. The van der Waals surface area contributed by atoms with Crippen LogP contribution >= 0.6 is 11.3 Å². The molecule has 16 heavy (non-hydrogen) atoms. The van der Waals surface area contributed by atoms with Crippen LogP contribution in [0.2, 0.25) is 0 Å². The summed E-state index contributed by atoms with van der Waals surface area (Å²) in [6.45, 7) is 1.20. The number of thiophene rings is 1. The molecule has 1 aromatic rings. The van der Waals surface area contributed by atoms with E-state index in [1.807, 2.05) is 17.5 Å². The zero-order valence-electron chi connectivity index (χ0n) is 9.26. The first-order chi connectivity index (χ1) is 7.81. The molecule has 0 bridgehead atoms. The van der Waals surface area contributed by atoms with Crippen LogP contribution in [0.3, 0.4) is 0 Å². The van der Waals surface area contributed by atoms with Crippen LogP contribution in [0.4, 0.5) is 0 Å². The van der Waals surface area contributed by atoms with Crippen molar-refractivity contribution in [1.29, 1.82) is 0 Å². The van der Waals surface area contributed by atoms with Gasteiger partial charge in [0, 0.05) is 12.6 Å². The lowest BCUT2D eigenvalue weighted by molar-refractivity contribution is 0.0750. The van der Waals surface area contributed by atoms with Gasteiger partial charge in [0.15, 0.2) is 5.78 Å². The number of Topliss-reactive ketones (excluding diaryl/α,β-unsaturated/α-hetero) is 1. The molecule has 0 radical (unpaired) electrons. The topological polar surface area (TPSA) is 40.5 Å². The highest BCUT2D eigenvalue weighted by molar-refractivity contribution is 7.12. The summed E-state index contributed by atoms with van der Waals surface area (Å²) in [6, 6.07) is 4.28. The largest absolute Gasteiger partial charge is 0.395 e. The molecule has 0 aliphatic heterocycles. The lowest BCUT2D eigenvalue weighted by atomic mass is 9.91. The fraction of sp³-hybridized carbons (Fsp3) is 0.583. The van der Waals surface area contributed by atoms with E-state index in [2.05, 4.69) is 4.90 Å². The van der Waals surface area contributed by atoms with Gasteiger partial charge in [-0.3, -0.25) is 9.69 Å². The lowest BCUT2D eigenvalue weighted by Gasteiger charge is -2.36. The van der Waals surface area contributed by atoms with Crippen LogP contribution in [0.5, 0.6) is 0 Å². The van der Waals surface area contributed by atoms with E-state index in [4.69, 9.17) is 5.11 Å². The molecule has 1 fully saturated rings. The standard InChI is InChI=1S/C12H17NO2S/c14-7-6-13(10-3-1-4-10)9-11(15)12-5-2-8-16-12/h2,5,8,10,14H,1,3-4,6-7,9H2. The van der Waals surface area contributed by atoms with Crippen LogP contribution in [0, 0.1) is 0 Å². The fourth-order valence-corrected chi connectivity index (χ4v) is 2.63. The summed E-state index contributed by atoms with van der Waals surface area (Å²) in [5.74, 6) is 0.176. The highest BCUT2D eigenvalue weighted by Gasteiger charge is 2.26. The molecule has 1 aliphatic carbocycles. The molecule has 0 aromatic carbocycles. The summed E-state index contributed by atoms with van der Waals surface area (Å²) in [4.78, 5) is 14.9. The van der Waals surface area contributed by atoms with E-state index in [0.717, 1.165) is 17.7 Å². The van der Waals surface area contributed by atoms with Crippen LogP contribution in [-0.4, -0.2) is 41.5 Å². The summed E-state index contributed by atoms with van der Waals surface area (Å²) in [5, 5.41) is 10.9. The maximum Gasteiger partial charge on any atom is 0.186 e. The molecule has 1 heterocycles. The van der Waals surface area contributed by atoms with Crippen LogP contribution in [-0.2, 0) is 0 Å². The zero-order chi connectivity index (χ0) is 11.4. The van der Waals surface area contributed by atoms with E-state index in [1.165, 1.54) is 17.8 Å². The third-order valence-electron chi connectivity index (χ3n) is 3.12. The third-order valence-corrected chi connectivity index (χ3v) is 4.03. The lowest BCUT2D eigenvalue weighted by Crippen LogP contribution is -2.44. The van der Waals surface area contributed by atoms with Gasteiger partial charge in [-0.25, -0.2) is 0 Å². The molecular weight excluding hydrogens is 222 g/mol. The van der Waals surface area contributed by atoms with Crippen molar-refractivity contribution >= 4 is 17.1 Å². The molecule has 0 spiro atoms. The van der Waals surface area contributed by atoms with Crippen LogP contribution in [0.1, 0.15) is 28.9 Å². The van der Waals surface area contributed by atoms with Gasteiger partial charge in [0.25, 0.3) is 0 Å². The third kappa shape index (κ3) is 2.70. The molecule has 2 rings (SSSR count). The molecule has 1 aliphatic rings. The number of rotatable bonds is 6. The number of hydrogen-bond acceptors (Lipinski definition) is 4. The smallest absolute Gasteiger partial charge is 0.186 e. The highest BCUT2D eigenvalue weighted by atomic mass is 32.1. The first kappa shape index (κ1) is 11.8. The molecule has 0 amide bonds. The van der Waals surface area contributed by atoms with Crippen molar-refractivity contribution in [2.45, 2.75) is 25.3 Å². The van der Waals surface area contributed by atoms with Gasteiger partial charge in [-0.05, 0) is 24.3 Å². The molecule has 3 nitrogen and oxygen atoms in total. The number of hydrogen-bond donors (Lipinski definition) is 1. The fourth-order valence-electron chi connectivity index (χ4n) is 1.97. The number of aliphatic hydroxyl groups excluding tert-OH is 1. The van der Waals surface area contributed by atoms with Gasteiger partial charge in [0.2, 0.25) is 0 Å². The first-order valence-electron chi connectivity index (χ1n) is 5.73. The van der Waals surface area contributed by atoms with Crippen molar-refractivity contribution < 1.29 is 9.90 Å². The molecule has 1 N–H and O–H groups in total. The molecule has 0 saturated heterocycles. The van der Waals surface area contributed by atoms with Crippen LogP contribution in [0.15, 0.2) is 17.5 Å². The number of carbonyl (C=O) groups is 1. The monoisotopic (exact) mass is 239 g/mol. The minimum absolute atomic E-state index is 0.133. The van der Waals surface area contributed by atoms with Crippen LogP contribution in [0.25, 0.3) is 0 Å². The second-order valence-electron chi connectivity index (χ2n) is 4.18. The average Bonchev–Trinajstić information content (AvgIpc) is 2.67. The molecular formula is C12H17NO2S. The van der Waals surface area contributed by atoms with Gasteiger partial charge in [0.05, 0.1) is 18.0 Å². The van der Waals surface area contributed by atoms with Gasteiger partial charge >= 0.3 is 0 Å². The minimum atomic E-state index is 0.133. The SMILES string of the molecule is O=C(CN(CCO)C1CCC1)c1cccs1. The predicted octanol–water partition coefficient (Wildman–Crippen LogP) is 1.78. The normalized spacial score (nSPS) is 16.4. The van der Waals surface area contributed by atoms with Gasteiger partial charge in [0.1, 0.15) is 0 Å². The maximum atomic E-state index is 11.9. The van der Waals surface area contributed by atoms with E-state index in [9.17, 15) is 4.79 Å². The quantitative estimate of drug-likeness (QED) is 0.769. The Morgan fingerprint density at radius 1 is 1.56 bits per heavy atom. The summed E-state index contributed by atoms with van der Waals surface area (Å²) < 4.78 is 0. The molecule has 0 atom stereocenters. The van der Waals surface area contributed by atoms with E-state index in [0.29, 0.717) is 19.1 Å². The van der Waals surface area contributed by atoms with Gasteiger partial charge in [-0.2, -0.15) is 0 Å². The van der Waals surface area contributed by atoms with Crippen molar-refractivity contribution in [2.24, 2.45) is 0 Å². The molecule has 0 unspecified atom stereocenters. The van der Waals surface area contributed by atoms with E-state index in [1.54, 1.807) is 0 Å². The zero-order valence-corrected chi connectivity index (χ0v) is 10.1. The predicted molar refractivity (Wildman–Crippen MR) is 64.9 cm³/mol. The highest BCUT2D eigenvalue weighted by Crippen LogP contribution is 2.25. The number of nitrogens with zero attached hydrogens (tertiary/aromatic N) is 1. The number of carbonyl (C=O) groups excluding carboxylic acids is 1. The Bertz CT molecular complexity index is 333. The first-order valence-corrected chi connectivity index (χ1v) is 6.61. The molecule has 1 saturated carbocycles. The van der Waals surface area contributed by atoms with Crippen molar-refractivity contribution in [1.82, 2.24) is 4.90 Å². The number of ketones is 1. The number of aliphatic hydroxyl groups is 1. The van der Waals surface area contributed by atoms with Gasteiger partial charge in [-0.15, -0.1) is 11.3 Å². The van der Waals surface area contributed by atoms with Gasteiger partial charge in [-0.1, -0.05) is 12.5 Å². The maximum absolute atomic E-state index is 11.9. The Morgan fingerprint density at radius 3 is 2.88 bits per heavy atom. The van der Waals surface area contributed by atoms with E-state index in [-0.39, 0.29) is 12.4 Å². The molecule has 1 aromatic heterocycles. The Labute approximate surface area is 99.7 Å². The minimum Gasteiger partial charge on any atom is -0.395 e. The van der Waals surface area contributed by atoms with Crippen molar-refractivity contribution in [3.63, 3.8) is 0 Å². The second kappa shape index (κ2) is 5.57. The second-order valence-corrected chi connectivity index (χ2v) is 5.13. The summed E-state index contributed by atoms with van der Waals surface area (Å²) in [7, 11) is 0.